The van der Waals surface area contributed by atoms with Crippen molar-refractivity contribution in [2.45, 2.75) is 71.1 Å². The smallest absolute Gasteiger partial charge is 0.174 e. The van der Waals surface area contributed by atoms with E-state index in [1.165, 1.54) is 38.5 Å². The Morgan fingerprint density at radius 1 is 0.810 bits per heavy atom. The molecule has 0 amide bonds. The first-order valence-corrected chi connectivity index (χ1v) is 8.88. The number of rotatable bonds is 5. The minimum Gasteiger partial charge on any atom is -0.174 e. The molecule has 0 aromatic rings. The molecule has 0 aromatic heterocycles. The van der Waals surface area contributed by atoms with E-state index in [2.05, 4.69) is 19.1 Å². The highest BCUT2D eigenvalue weighted by Gasteiger charge is 2.21. The molecule has 2 heteroatoms. The highest BCUT2D eigenvalue weighted by atomic mass is 19.3. The summed E-state index contributed by atoms with van der Waals surface area (Å²) in [5.74, 6) is 2.49. The van der Waals surface area contributed by atoms with E-state index in [9.17, 15) is 8.78 Å². The molecule has 21 heavy (non-hydrogen) atoms. The van der Waals surface area contributed by atoms with Crippen molar-refractivity contribution in [1.82, 2.24) is 0 Å². The summed E-state index contributed by atoms with van der Waals surface area (Å²) in [4.78, 5) is 0. The van der Waals surface area contributed by atoms with Crippen molar-refractivity contribution in [3.8, 4) is 0 Å². The highest BCUT2D eigenvalue weighted by molar-refractivity contribution is 4.98. The van der Waals surface area contributed by atoms with Gasteiger partial charge in [0.05, 0.1) is 0 Å². The zero-order valence-corrected chi connectivity index (χ0v) is 13.4. The zero-order chi connectivity index (χ0) is 15.1. The molecule has 0 radical (unpaired) electrons. The summed E-state index contributed by atoms with van der Waals surface area (Å²) in [6.45, 7) is 2.28. The SMILES string of the molecule is CCCC1CCC(C=CC2CCC(C=C(F)F)CC2)CC1. The Hall–Kier alpha value is -0.660. The first kappa shape index (κ1) is 16.7. The van der Waals surface area contributed by atoms with Crippen LogP contribution in [0, 0.1) is 23.7 Å². The molecule has 0 heterocycles. The van der Waals surface area contributed by atoms with E-state index in [1.807, 2.05) is 0 Å². The van der Waals surface area contributed by atoms with Crippen LogP contribution in [0.5, 0.6) is 0 Å². The maximum atomic E-state index is 12.2. The normalized spacial score (nSPS) is 34.0. The molecule has 2 aliphatic carbocycles. The minimum absolute atomic E-state index is 0.115. The van der Waals surface area contributed by atoms with Crippen molar-refractivity contribution in [2.24, 2.45) is 23.7 Å². The van der Waals surface area contributed by atoms with Gasteiger partial charge in [-0.1, -0.05) is 31.9 Å². The van der Waals surface area contributed by atoms with Crippen molar-refractivity contribution < 1.29 is 8.78 Å². The molecule has 0 aliphatic heterocycles. The molecular formula is C19H30F2. The minimum atomic E-state index is -1.50. The number of allylic oxidation sites excluding steroid dienone is 3. The maximum absolute atomic E-state index is 12.2. The summed E-state index contributed by atoms with van der Waals surface area (Å²) in [5.41, 5.74) is 0. The Morgan fingerprint density at radius 2 is 1.29 bits per heavy atom. The van der Waals surface area contributed by atoms with Gasteiger partial charge in [-0.3, -0.25) is 0 Å². The Kier molecular flexibility index (Phi) is 6.92. The summed E-state index contributed by atoms with van der Waals surface area (Å²) in [6.07, 6.45) is 16.7. The molecule has 0 bridgehead atoms. The predicted molar refractivity (Wildman–Crippen MR) is 85.2 cm³/mol. The summed E-state index contributed by atoms with van der Waals surface area (Å²) in [5, 5.41) is 0. The fourth-order valence-electron chi connectivity index (χ4n) is 4.07. The second kappa shape index (κ2) is 8.70. The van der Waals surface area contributed by atoms with Crippen LogP contribution in [0.25, 0.3) is 0 Å². The van der Waals surface area contributed by atoms with Crippen LogP contribution < -0.4 is 0 Å². The molecule has 0 atom stereocenters. The van der Waals surface area contributed by atoms with Crippen LogP contribution in [0.3, 0.4) is 0 Å². The van der Waals surface area contributed by atoms with Crippen LogP contribution in [0.15, 0.2) is 24.3 Å². The van der Waals surface area contributed by atoms with Crippen molar-refractivity contribution in [2.75, 3.05) is 0 Å². The number of hydrogen-bond acceptors (Lipinski definition) is 0. The molecule has 2 aliphatic rings. The molecule has 120 valence electrons. The van der Waals surface area contributed by atoms with Gasteiger partial charge < -0.3 is 0 Å². The summed E-state index contributed by atoms with van der Waals surface area (Å²) in [7, 11) is 0. The average molecular weight is 296 g/mol. The molecular weight excluding hydrogens is 266 g/mol. The van der Waals surface area contributed by atoms with Crippen LogP contribution in [0.1, 0.15) is 71.1 Å². The van der Waals surface area contributed by atoms with Gasteiger partial charge in [-0.25, -0.2) is 0 Å². The molecule has 0 unspecified atom stereocenters. The van der Waals surface area contributed by atoms with Crippen molar-refractivity contribution in [3.05, 3.63) is 24.3 Å². The zero-order valence-electron chi connectivity index (χ0n) is 13.4. The largest absolute Gasteiger partial charge is 0.266 e. The molecule has 2 rings (SSSR count). The second-order valence-corrected chi connectivity index (χ2v) is 7.09. The fourth-order valence-corrected chi connectivity index (χ4v) is 4.07. The molecule has 0 aromatic carbocycles. The molecule has 2 fully saturated rings. The lowest BCUT2D eigenvalue weighted by molar-refractivity contribution is 0.292. The third kappa shape index (κ3) is 5.92. The van der Waals surface area contributed by atoms with Crippen molar-refractivity contribution in [3.63, 3.8) is 0 Å². The lowest BCUT2D eigenvalue weighted by atomic mass is 9.78. The van der Waals surface area contributed by atoms with Crippen molar-refractivity contribution >= 4 is 0 Å². The quantitative estimate of drug-likeness (QED) is 0.493. The van der Waals surface area contributed by atoms with Gasteiger partial charge in [-0.2, -0.15) is 8.78 Å². The predicted octanol–water partition coefficient (Wildman–Crippen LogP) is 6.74. The molecule has 0 N–H and O–H groups in total. The van der Waals surface area contributed by atoms with Crippen LogP contribution >= 0.6 is 0 Å². The molecule has 0 spiro atoms. The van der Waals surface area contributed by atoms with E-state index in [4.69, 9.17) is 0 Å². The van der Waals surface area contributed by atoms with E-state index in [0.717, 1.165) is 43.6 Å². The van der Waals surface area contributed by atoms with Gasteiger partial charge in [-0.05, 0) is 81.1 Å². The second-order valence-electron chi connectivity index (χ2n) is 7.09. The topological polar surface area (TPSA) is 0 Å². The van der Waals surface area contributed by atoms with Gasteiger partial charge in [0.25, 0.3) is 6.08 Å². The molecule has 0 nitrogen and oxygen atoms in total. The third-order valence-corrected chi connectivity index (χ3v) is 5.42. The molecule has 2 saturated carbocycles. The first-order chi connectivity index (χ1) is 10.2. The van der Waals surface area contributed by atoms with Gasteiger partial charge in [0.2, 0.25) is 0 Å². The average Bonchev–Trinajstić information content (AvgIpc) is 2.48. The van der Waals surface area contributed by atoms with Gasteiger partial charge in [0.1, 0.15) is 0 Å². The van der Waals surface area contributed by atoms with Gasteiger partial charge in [0, 0.05) is 0 Å². The lowest BCUT2D eigenvalue weighted by Crippen LogP contribution is -2.14. The lowest BCUT2D eigenvalue weighted by Gasteiger charge is -2.28. The van der Waals surface area contributed by atoms with Gasteiger partial charge >= 0.3 is 0 Å². The highest BCUT2D eigenvalue weighted by Crippen LogP contribution is 2.34. The van der Waals surface area contributed by atoms with E-state index < -0.39 is 6.08 Å². The van der Waals surface area contributed by atoms with E-state index >= 15 is 0 Å². The van der Waals surface area contributed by atoms with Crippen LogP contribution in [-0.4, -0.2) is 0 Å². The summed E-state index contributed by atoms with van der Waals surface area (Å²) < 4.78 is 24.5. The van der Waals surface area contributed by atoms with Crippen molar-refractivity contribution in [1.29, 1.82) is 0 Å². The van der Waals surface area contributed by atoms with E-state index in [0.29, 0.717) is 5.92 Å². The van der Waals surface area contributed by atoms with Crippen LogP contribution in [-0.2, 0) is 0 Å². The molecule has 0 saturated heterocycles. The van der Waals surface area contributed by atoms with E-state index in [1.54, 1.807) is 0 Å². The van der Waals surface area contributed by atoms with Gasteiger partial charge in [0.15, 0.2) is 0 Å². The summed E-state index contributed by atoms with van der Waals surface area (Å²) >= 11 is 0. The first-order valence-electron chi connectivity index (χ1n) is 8.88. The number of halogens is 2. The Labute approximate surface area is 128 Å². The Morgan fingerprint density at radius 3 is 1.76 bits per heavy atom. The maximum Gasteiger partial charge on any atom is 0.266 e. The van der Waals surface area contributed by atoms with Crippen LogP contribution in [0.4, 0.5) is 8.78 Å². The van der Waals surface area contributed by atoms with Gasteiger partial charge in [-0.15, -0.1) is 0 Å². The van der Waals surface area contributed by atoms with Crippen LogP contribution in [0.2, 0.25) is 0 Å². The number of hydrogen-bond donors (Lipinski definition) is 0. The Balaban J connectivity index is 1.68. The Bertz CT molecular complexity index is 339. The third-order valence-electron chi connectivity index (χ3n) is 5.42. The van der Waals surface area contributed by atoms with E-state index in [-0.39, 0.29) is 5.92 Å². The fraction of sp³-hybridized carbons (Fsp3) is 0.789. The monoisotopic (exact) mass is 296 g/mol. The standard InChI is InChI=1S/C19H30F2/c1-2-3-15-4-6-16(7-5-15)8-9-17-10-12-18(13-11-17)14-19(20)21/h8-9,14-18H,2-7,10-13H2,1H3. The summed E-state index contributed by atoms with van der Waals surface area (Å²) in [6, 6.07) is 0.